The number of aryl methyl sites for hydroxylation is 1. The molecule has 0 aliphatic carbocycles. The van der Waals surface area contributed by atoms with Gasteiger partial charge in [-0.3, -0.25) is 4.79 Å². The molecule has 0 radical (unpaired) electrons. The van der Waals surface area contributed by atoms with Crippen molar-refractivity contribution in [3.63, 3.8) is 0 Å². The number of rotatable bonds is 2. The number of aromatic nitrogens is 2. The fourth-order valence-corrected chi connectivity index (χ4v) is 3.44. The van der Waals surface area contributed by atoms with E-state index in [9.17, 15) is 9.18 Å². The van der Waals surface area contributed by atoms with E-state index in [1.54, 1.807) is 47.1 Å². The molecule has 0 saturated carbocycles. The van der Waals surface area contributed by atoms with Crippen molar-refractivity contribution in [2.24, 2.45) is 5.92 Å². The summed E-state index contributed by atoms with van der Waals surface area (Å²) in [4.78, 5) is 14.7. The third kappa shape index (κ3) is 2.34. The molecule has 2 saturated heterocycles. The highest BCUT2D eigenvalue weighted by Crippen LogP contribution is 2.28. The van der Waals surface area contributed by atoms with Crippen LogP contribution in [0.4, 0.5) is 4.39 Å². The second-order valence-corrected chi connectivity index (χ2v) is 6.36. The maximum Gasteiger partial charge on any atom is 0.259 e. The fraction of sp³-hybridized carbons (Fsp3) is 0.412. The Balaban J connectivity index is 1.72. The molecule has 2 aliphatic rings. The summed E-state index contributed by atoms with van der Waals surface area (Å²) in [5, 5.41) is 7.50. The molecule has 5 nitrogen and oxygen atoms in total. The second kappa shape index (κ2) is 5.45. The van der Waals surface area contributed by atoms with Gasteiger partial charge in [-0.25, -0.2) is 9.07 Å². The number of carbonyl (C=O) groups excluding carboxylic acids is 1. The van der Waals surface area contributed by atoms with Crippen LogP contribution in [0.15, 0.2) is 30.6 Å². The van der Waals surface area contributed by atoms with Crippen molar-refractivity contribution in [3.8, 4) is 5.69 Å². The van der Waals surface area contributed by atoms with E-state index in [4.69, 9.17) is 0 Å². The lowest BCUT2D eigenvalue weighted by Crippen LogP contribution is -2.62. The highest BCUT2D eigenvalue weighted by molar-refractivity contribution is 5.98. The molecule has 2 aromatic rings. The summed E-state index contributed by atoms with van der Waals surface area (Å²) in [5.41, 5.74) is 1.08. The number of halogens is 1. The standard InChI is InChI=1S/C17H19FN4O/c1-11-3-4-14(22-7-2-6-20-22)15(16(11)18)17(23)21-8-5-12-9-19-13(12)10-21/h2-4,6-7,12-13,19H,5,8-10H2,1H3/t12-,13-/m0/s1. The van der Waals surface area contributed by atoms with Crippen LogP contribution in [0.5, 0.6) is 0 Å². The Kier molecular flexibility index (Phi) is 3.41. The molecule has 0 unspecified atom stereocenters. The van der Waals surface area contributed by atoms with Crippen LogP contribution in [0.25, 0.3) is 5.69 Å². The smallest absolute Gasteiger partial charge is 0.259 e. The Hall–Kier alpha value is -2.21. The molecule has 6 heteroatoms. The summed E-state index contributed by atoms with van der Waals surface area (Å²) in [5.74, 6) is -0.0393. The van der Waals surface area contributed by atoms with Gasteiger partial charge in [0.05, 0.1) is 5.69 Å². The van der Waals surface area contributed by atoms with Crippen LogP contribution in [0, 0.1) is 18.7 Å². The molecule has 2 fully saturated rings. The second-order valence-electron chi connectivity index (χ2n) is 6.36. The van der Waals surface area contributed by atoms with Crippen molar-refractivity contribution in [1.82, 2.24) is 20.0 Å². The van der Waals surface area contributed by atoms with Gasteiger partial charge in [-0.15, -0.1) is 0 Å². The Morgan fingerprint density at radius 3 is 2.96 bits per heavy atom. The number of nitrogens with zero attached hydrogens (tertiary/aromatic N) is 3. The molecule has 23 heavy (non-hydrogen) atoms. The van der Waals surface area contributed by atoms with E-state index in [2.05, 4.69) is 10.4 Å². The van der Waals surface area contributed by atoms with E-state index in [-0.39, 0.29) is 11.5 Å². The number of carbonyl (C=O) groups is 1. The topological polar surface area (TPSA) is 50.2 Å². The summed E-state index contributed by atoms with van der Waals surface area (Å²) < 4.78 is 16.3. The minimum atomic E-state index is -0.452. The lowest BCUT2D eigenvalue weighted by Gasteiger charge is -2.46. The van der Waals surface area contributed by atoms with Gasteiger partial charge in [0.2, 0.25) is 0 Å². The number of nitrogens with one attached hydrogen (secondary N) is 1. The van der Waals surface area contributed by atoms with Gasteiger partial charge in [-0.05, 0) is 43.5 Å². The molecule has 0 spiro atoms. The van der Waals surface area contributed by atoms with Crippen molar-refractivity contribution in [1.29, 1.82) is 0 Å². The fourth-order valence-electron chi connectivity index (χ4n) is 3.44. The summed E-state index contributed by atoms with van der Waals surface area (Å²) in [6, 6.07) is 5.56. The Morgan fingerprint density at radius 2 is 2.30 bits per heavy atom. The monoisotopic (exact) mass is 314 g/mol. The first-order valence-corrected chi connectivity index (χ1v) is 7.97. The van der Waals surface area contributed by atoms with Crippen LogP contribution in [0.1, 0.15) is 22.3 Å². The molecular formula is C17H19FN4O. The van der Waals surface area contributed by atoms with Gasteiger partial charge in [0.1, 0.15) is 11.4 Å². The number of hydrogen-bond donors (Lipinski definition) is 1. The number of fused-ring (bicyclic) bond motifs is 1. The quantitative estimate of drug-likeness (QED) is 0.919. The first-order valence-electron chi connectivity index (χ1n) is 7.97. The van der Waals surface area contributed by atoms with E-state index >= 15 is 0 Å². The summed E-state index contributed by atoms with van der Waals surface area (Å²) in [7, 11) is 0. The van der Waals surface area contributed by atoms with E-state index in [1.165, 1.54) is 0 Å². The number of likely N-dealkylation sites (tertiary alicyclic amines) is 1. The zero-order valence-corrected chi connectivity index (χ0v) is 13.0. The molecule has 2 aliphatic heterocycles. The third-order valence-corrected chi connectivity index (χ3v) is 4.96. The maximum absolute atomic E-state index is 14.7. The lowest BCUT2D eigenvalue weighted by molar-refractivity contribution is 0.0514. The first kappa shape index (κ1) is 14.4. The van der Waals surface area contributed by atoms with Gasteiger partial charge in [-0.1, -0.05) is 6.07 Å². The average molecular weight is 314 g/mol. The van der Waals surface area contributed by atoms with E-state index in [1.807, 2.05) is 0 Å². The van der Waals surface area contributed by atoms with Crippen molar-refractivity contribution >= 4 is 5.91 Å². The van der Waals surface area contributed by atoms with Gasteiger partial charge in [0, 0.05) is 31.5 Å². The SMILES string of the molecule is Cc1ccc(-n2cccn2)c(C(=O)N2CC[C@H]3CN[C@H]3C2)c1F. The largest absolute Gasteiger partial charge is 0.337 e. The van der Waals surface area contributed by atoms with E-state index in [0.29, 0.717) is 36.3 Å². The summed E-state index contributed by atoms with van der Waals surface area (Å²) in [6.45, 7) is 4.05. The number of amides is 1. The molecule has 1 N–H and O–H groups in total. The van der Waals surface area contributed by atoms with Crippen molar-refractivity contribution < 1.29 is 9.18 Å². The Morgan fingerprint density at radius 1 is 1.43 bits per heavy atom. The van der Waals surface area contributed by atoms with Crippen LogP contribution >= 0.6 is 0 Å². The van der Waals surface area contributed by atoms with Crippen molar-refractivity contribution in [2.75, 3.05) is 19.6 Å². The number of piperidine rings is 1. The van der Waals surface area contributed by atoms with Crippen molar-refractivity contribution in [2.45, 2.75) is 19.4 Å². The Labute approximate surface area is 134 Å². The van der Waals surface area contributed by atoms with Gasteiger partial charge < -0.3 is 10.2 Å². The van der Waals surface area contributed by atoms with Gasteiger partial charge in [0.15, 0.2) is 0 Å². The zero-order chi connectivity index (χ0) is 16.0. The van der Waals surface area contributed by atoms with Crippen LogP contribution in [0.2, 0.25) is 0 Å². The van der Waals surface area contributed by atoms with E-state index in [0.717, 1.165) is 13.0 Å². The highest BCUT2D eigenvalue weighted by Gasteiger charge is 2.38. The lowest BCUT2D eigenvalue weighted by atomic mass is 9.84. The molecule has 4 rings (SSSR count). The number of hydrogen-bond acceptors (Lipinski definition) is 3. The molecular weight excluding hydrogens is 295 g/mol. The molecule has 2 atom stereocenters. The van der Waals surface area contributed by atoms with Crippen LogP contribution < -0.4 is 5.32 Å². The minimum Gasteiger partial charge on any atom is -0.337 e. The Bertz CT molecular complexity index is 743. The van der Waals surface area contributed by atoms with Gasteiger partial charge >= 0.3 is 0 Å². The van der Waals surface area contributed by atoms with E-state index < -0.39 is 5.82 Å². The van der Waals surface area contributed by atoms with Gasteiger partial charge in [-0.2, -0.15) is 5.10 Å². The predicted molar refractivity (Wildman–Crippen MR) is 84.1 cm³/mol. The normalized spacial score (nSPS) is 23.3. The molecule has 120 valence electrons. The van der Waals surface area contributed by atoms with Crippen LogP contribution in [-0.4, -0.2) is 46.3 Å². The molecule has 1 amide bonds. The summed E-state index contributed by atoms with van der Waals surface area (Å²) in [6.07, 6.45) is 4.32. The van der Waals surface area contributed by atoms with Crippen molar-refractivity contribution in [3.05, 3.63) is 47.5 Å². The first-order chi connectivity index (χ1) is 11.1. The molecule has 1 aromatic carbocycles. The van der Waals surface area contributed by atoms with Crippen LogP contribution in [0.3, 0.4) is 0 Å². The average Bonchev–Trinajstić information content (AvgIpc) is 3.04. The summed E-state index contributed by atoms with van der Waals surface area (Å²) >= 11 is 0. The molecule has 3 heterocycles. The number of benzene rings is 1. The predicted octanol–water partition coefficient (Wildman–Crippen LogP) is 1.75. The van der Waals surface area contributed by atoms with Gasteiger partial charge in [0.25, 0.3) is 5.91 Å². The minimum absolute atomic E-state index is 0.117. The zero-order valence-electron chi connectivity index (χ0n) is 13.0. The third-order valence-electron chi connectivity index (χ3n) is 4.96. The molecule has 1 aromatic heterocycles. The van der Waals surface area contributed by atoms with Crippen LogP contribution in [-0.2, 0) is 0 Å². The molecule has 0 bridgehead atoms. The maximum atomic E-state index is 14.7. The highest BCUT2D eigenvalue weighted by atomic mass is 19.1.